The van der Waals surface area contributed by atoms with E-state index >= 15 is 0 Å². The molecule has 1 saturated heterocycles. The number of aromatic amines is 2. The van der Waals surface area contributed by atoms with Crippen molar-refractivity contribution >= 4 is 28.0 Å². The number of rotatable bonds is 3. The number of primary amides is 1. The van der Waals surface area contributed by atoms with E-state index in [-0.39, 0.29) is 24.2 Å². The molecule has 1 amide bonds. The first-order chi connectivity index (χ1) is 11.1. The second-order valence-electron chi connectivity index (χ2n) is 6.06. The lowest BCUT2D eigenvalue weighted by Gasteiger charge is -2.32. The van der Waals surface area contributed by atoms with Crippen LogP contribution in [0, 0.1) is 0 Å². The van der Waals surface area contributed by atoms with Crippen molar-refractivity contribution in [2.24, 2.45) is 5.73 Å². The third-order valence-electron chi connectivity index (χ3n) is 4.48. The number of fused-ring (bicyclic) bond motifs is 3. The zero-order valence-corrected chi connectivity index (χ0v) is 12.6. The molecule has 1 fully saturated rings. The number of hydrogen-bond acceptors (Lipinski definition) is 4. The molecular weight excluding hydrogens is 296 g/mol. The molecule has 0 aromatic carbocycles. The normalized spacial score (nSPS) is 19.6. The Kier molecular flexibility index (Phi) is 3.19. The zero-order chi connectivity index (χ0) is 16.0. The number of aromatic nitrogens is 4. The quantitative estimate of drug-likeness (QED) is 0.646. The van der Waals surface area contributed by atoms with Crippen LogP contribution in [0.15, 0.2) is 23.3 Å². The van der Waals surface area contributed by atoms with E-state index in [4.69, 9.17) is 5.73 Å². The predicted molar refractivity (Wildman–Crippen MR) is 86.1 cm³/mol. The number of nitrogens with one attached hydrogen (secondary N) is 2. The molecule has 1 atom stereocenters. The van der Waals surface area contributed by atoms with E-state index in [0.717, 1.165) is 41.5 Å². The Morgan fingerprint density at radius 2 is 2.35 bits per heavy atom. The van der Waals surface area contributed by atoms with E-state index in [9.17, 15) is 9.59 Å². The van der Waals surface area contributed by atoms with Gasteiger partial charge in [-0.1, -0.05) is 0 Å². The highest BCUT2D eigenvalue weighted by molar-refractivity contribution is 6.00. The molecule has 4 heterocycles. The number of imidazole rings is 1. The number of carbonyl (C=O) groups excluding carboxylic acids is 1. The van der Waals surface area contributed by atoms with Crippen molar-refractivity contribution in [3.05, 3.63) is 28.9 Å². The molecule has 1 aliphatic heterocycles. The van der Waals surface area contributed by atoms with E-state index in [0.29, 0.717) is 6.54 Å². The van der Waals surface area contributed by atoms with Crippen molar-refractivity contribution in [2.45, 2.75) is 18.9 Å². The van der Waals surface area contributed by atoms with Crippen LogP contribution in [-0.2, 0) is 4.79 Å². The molecule has 4 N–H and O–H groups in total. The van der Waals surface area contributed by atoms with Crippen LogP contribution in [-0.4, -0.2) is 50.0 Å². The average molecular weight is 314 g/mol. The SMILES string of the molecule is NC(=O)CN1CCC[C@@H](n2c(=O)[nH]c3cnc4[nH]ccc4c32)C1. The Bertz CT molecular complexity index is 936. The van der Waals surface area contributed by atoms with Crippen molar-refractivity contribution in [3.63, 3.8) is 0 Å². The number of likely N-dealkylation sites (tertiary alicyclic amines) is 1. The first-order valence-corrected chi connectivity index (χ1v) is 7.70. The van der Waals surface area contributed by atoms with Gasteiger partial charge >= 0.3 is 5.69 Å². The number of pyridine rings is 1. The monoisotopic (exact) mass is 314 g/mol. The second-order valence-corrected chi connectivity index (χ2v) is 6.06. The van der Waals surface area contributed by atoms with Crippen LogP contribution >= 0.6 is 0 Å². The summed E-state index contributed by atoms with van der Waals surface area (Å²) >= 11 is 0. The molecule has 23 heavy (non-hydrogen) atoms. The molecule has 4 rings (SSSR count). The molecule has 0 unspecified atom stereocenters. The van der Waals surface area contributed by atoms with Gasteiger partial charge in [-0.25, -0.2) is 9.78 Å². The zero-order valence-electron chi connectivity index (χ0n) is 12.6. The highest BCUT2D eigenvalue weighted by Gasteiger charge is 2.26. The summed E-state index contributed by atoms with van der Waals surface area (Å²) in [5.74, 6) is -0.339. The lowest BCUT2D eigenvalue weighted by atomic mass is 10.1. The van der Waals surface area contributed by atoms with E-state index in [1.54, 1.807) is 10.8 Å². The van der Waals surface area contributed by atoms with Crippen molar-refractivity contribution in [3.8, 4) is 0 Å². The predicted octanol–water partition coefficient (Wildman–Crippen LogP) is 0.328. The number of H-pyrrole nitrogens is 2. The third-order valence-corrected chi connectivity index (χ3v) is 4.48. The molecule has 8 nitrogen and oxygen atoms in total. The Morgan fingerprint density at radius 1 is 1.48 bits per heavy atom. The number of nitrogens with zero attached hydrogens (tertiary/aromatic N) is 3. The van der Waals surface area contributed by atoms with Crippen LogP contribution in [0.25, 0.3) is 22.1 Å². The Labute approximate surface area is 131 Å². The number of piperidine rings is 1. The van der Waals surface area contributed by atoms with Gasteiger partial charge in [-0.05, 0) is 25.5 Å². The highest BCUT2D eigenvalue weighted by atomic mass is 16.1. The minimum atomic E-state index is -0.339. The van der Waals surface area contributed by atoms with Gasteiger partial charge in [0.1, 0.15) is 5.65 Å². The van der Waals surface area contributed by atoms with E-state index < -0.39 is 0 Å². The maximum absolute atomic E-state index is 12.5. The van der Waals surface area contributed by atoms with Crippen molar-refractivity contribution < 1.29 is 4.79 Å². The van der Waals surface area contributed by atoms with E-state index in [1.165, 1.54) is 0 Å². The lowest BCUT2D eigenvalue weighted by Crippen LogP contribution is -2.43. The molecule has 3 aromatic heterocycles. The number of hydrogen-bond donors (Lipinski definition) is 3. The summed E-state index contributed by atoms with van der Waals surface area (Å²) in [5.41, 5.74) is 7.52. The maximum atomic E-state index is 12.5. The van der Waals surface area contributed by atoms with Gasteiger partial charge in [-0.2, -0.15) is 0 Å². The standard InChI is InChI=1S/C15H18N6O2/c16-12(22)8-20-5-1-2-9(7-20)21-13-10-3-4-17-14(10)18-6-11(13)19-15(21)23/h3-4,6,9H,1-2,5,7-8H2,(H2,16,22)(H,17,18)(H,19,23)/t9-/m1/s1. The molecule has 120 valence electrons. The van der Waals surface area contributed by atoms with Gasteiger partial charge in [0.05, 0.1) is 29.8 Å². The van der Waals surface area contributed by atoms with Crippen molar-refractivity contribution in [1.29, 1.82) is 0 Å². The summed E-state index contributed by atoms with van der Waals surface area (Å²) in [6, 6.07) is 1.95. The van der Waals surface area contributed by atoms with Crippen LogP contribution in [0.1, 0.15) is 18.9 Å². The number of amides is 1. The fourth-order valence-electron chi connectivity index (χ4n) is 3.58. The fraction of sp³-hybridized carbons (Fsp3) is 0.400. The largest absolute Gasteiger partial charge is 0.369 e. The molecule has 0 saturated carbocycles. The van der Waals surface area contributed by atoms with Gasteiger partial charge in [0, 0.05) is 18.1 Å². The Hall–Kier alpha value is -2.61. The van der Waals surface area contributed by atoms with Crippen LogP contribution in [0.5, 0.6) is 0 Å². The molecule has 1 aliphatic rings. The topological polar surface area (TPSA) is 113 Å². The molecule has 8 heteroatoms. The molecule has 0 bridgehead atoms. The summed E-state index contributed by atoms with van der Waals surface area (Å²) in [6.07, 6.45) is 5.32. The van der Waals surface area contributed by atoms with Crippen molar-refractivity contribution in [2.75, 3.05) is 19.6 Å². The van der Waals surface area contributed by atoms with Gasteiger partial charge in [0.15, 0.2) is 0 Å². The maximum Gasteiger partial charge on any atom is 0.326 e. The molecule has 0 spiro atoms. The van der Waals surface area contributed by atoms with Crippen LogP contribution in [0.3, 0.4) is 0 Å². The summed E-state index contributed by atoms with van der Waals surface area (Å²) in [4.78, 5) is 35.9. The molecule has 0 aliphatic carbocycles. The van der Waals surface area contributed by atoms with E-state index in [1.807, 2.05) is 17.2 Å². The Balaban J connectivity index is 1.81. The third kappa shape index (κ3) is 2.31. The Morgan fingerprint density at radius 3 is 3.17 bits per heavy atom. The second kappa shape index (κ2) is 5.24. The molecular formula is C15H18N6O2. The van der Waals surface area contributed by atoms with Crippen LogP contribution < -0.4 is 11.4 Å². The summed E-state index contributed by atoms with van der Waals surface area (Å²) in [7, 11) is 0. The molecule has 0 radical (unpaired) electrons. The highest BCUT2D eigenvalue weighted by Crippen LogP contribution is 2.27. The average Bonchev–Trinajstić information content (AvgIpc) is 3.09. The van der Waals surface area contributed by atoms with E-state index in [2.05, 4.69) is 15.0 Å². The summed E-state index contributed by atoms with van der Waals surface area (Å²) in [5, 5.41) is 0.924. The number of carbonyl (C=O) groups is 1. The number of nitrogens with two attached hydrogens (primary N) is 1. The van der Waals surface area contributed by atoms with Gasteiger partial charge in [0.25, 0.3) is 0 Å². The first kappa shape index (κ1) is 14.0. The van der Waals surface area contributed by atoms with Crippen LogP contribution in [0.2, 0.25) is 0 Å². The molecule has 3 aromatic rings. The van der Waals surface area contributed by atoms with Gasteiger partial charge in [-0.3, -0.25) is 14.3 Å². The minimum absolute atomic E-state index is 0.0184. The smallest absolute Gasteiger partial charge is 0.326 e. The van der Waals surface area contributed by atoms with Crippen LogP contribution in [0.4, 0.5) is 0 Å². The lowest BCUT2D eigenvalue weighted by molar-refractivity contribution is -0.119. The minimum Gasteiger partial charge on any atom is -0.369 e. The van der Waals surface area contributed by atoms with Gasteiger partial charge < -0.3 is 15.7 Å². The van der Waals surface area contributed by atoms with Gasteiger partial charge in [-0.15, -0.1) is 0 Å². The summed E-state index contributed by atoms with van der Waals surface area (Å²) in [6.45, 7) is 1.70. The first-order valence-electron chi connectivity index (χ1n) is 7.70. The van der Waals surface area contributed by atoms with Crippen molar-refractivity contribution in [1.82, 2.24) is 24.4 Å². The summed E-state index contributed by atoms with van der Waals surface area (Å²) < 4.78 is 1.81. The fourth-order valence-corrected chi connectivity index (χ4v) is 3.58. The van der Waals surface area contributed by atoms with Gasteiger partial charge in [0.2, 0.25) is 5.91 Å².